The van der Waals surface area contributed by atoms with Crippen LogP contribution in [0.5, 0.6) is 0 Å². The number of hydrogen-bond acceptors (Lipinski definition) is 1. The molecule has 3 rings (SSSR count). The highest BCUT2D eigenvalue weighted by atomic mass is 35.5. The van der Waals surface area contributed by atoms with Gasteiger partial charge in [-0.15, -0.1) is 0 Å². The summed E-state index contributed by atoms with van der Waals surface area (Å²) in [5.74, 6) is -0.637. The predicted octanol–water partition coefficient (Wildman–Crippen LogP) is 3.96. The quantitative estimate of drug-likeness (QED) is 0.840. The Labute approximate surface area is 113 Å². The van der Waals surface area contributed by atoms with Crippen LogP contribution in [-0.4, -0.2) is 5.84 Å². The van der Waals surface area contributed by atoms with Crippen molar-refractivity contribution in [1.82, 2.24) is 0 Å². The van der Waals surface area contributed by atoms with Gasteiger partial charge in [0, 0.05) is 5.56 Å². The molecule has 0 fully saturated rings. The first-order valence-electron chi connectivity index (χ1n) is 5.66. The zero-order chi connectivity index (χ0) is 13.6. The minimum atomic E-state index is -0.428. The van der Waals surface area contributed by atoms with Crippen LogP contribution in [0.15, 0.2) is 36.4 Å². The number of fused-ring (bicyclic) bond motifs is 1. The second-order valence-corrected chi connectivity index (χ2v) is 4.74. The highest BCUT2D eigenvalue weighted by Crippen LogP contribution is 2.33. The minimum Gasteiger partial charge on any atom is -0.320 e. The van der Waals surface area contributed by atoms with Gasteiger partial charge in [-0.05, 0) is 35.9 Å². The van der Waals surface area contributed by atoms with Gasteiger partial charge in [0.25, 0.3) is 0 Å². The lowest BCUT2D eigenvalue weighted by Crippen LogP contribution is -2.23. The van der Waals surface area contributed by atoms with E-state index in [1.54, 1.807) is 11.0 Å². The SMILES string of the molecule is N=C1c2cc(F)ccc2CN1c1ccc(F)cc1Cl. The summed E-state index contributed by atoms with van der Waals surface area (Å²) in [5, 5.41) is 8.31. The zero-order valence-corrected chi connectivity index (χ0v) is 10.5. The van der Waals surface area contributed by atoms with Gasteiger partial charge in [0.15, 0.2) is 0 Å². The minimum absolute atomic E-state index is 0.169. The Hall–Kier alpha value is -1.94. The molecule has 1 N–H and O–H groups in total. The Kier molecular flexibility index (Phi) is 2.75. The Bertz CT molecular complexity index is 685. The predicted molar refractivity (Wildman–Crippen MR) is 70.8 cm³/mol. The fourth-order valence-electron chi connectivity index (χ4n) is 2.21. The Morgan fingerprint density at radius 3 is 2.47 bits per heavy atom. The molecule has 0 bridgehead atoms. The molecule has 0 aromatic heterocycles. The number of nitrogens with zero attached hydrogens (tertiary/aromatic N) is 1. The monoisotopic (exact) mass is 278 g/mol. The molecule has 1 heterocycles. The first-order chi connectivity index (χ1) is 9.06. The molecule has 0 aliphatic carbocycles. The maximum atomic E-state index is 13.2. The second kappa shape index (κ2) is 4.31. The van der Waals surface area contributed by atoms with E-state index in [4.69, 9.17) is 17.0 Å². The first-order valence-corrected chi connectivity index (χ1v) is 6.04. The van der Waals surface area contributed by atoms with Gasteiger partial charge in [-0.3, -0.25) is 5.41 Å². The van der Waals surface area contributed by atoms with Crippen LogP contribution in [0.3, 0.4) is 0 Å². The molecular weight excluding hydrogens is 270 g/mol. The molecule has 96 valence electrons. The van der Waals surface area contributed by atoms with Gasteiger partial charge in [0.05, 0.1) is 17.3 Å². The van der Waals surface area contributed by atoms with Gasteiger partial charge in [-0.1, -0.05) is 17.7 Å². The van der Waals surface area contributed by atoms with Gasteiger partial charge in [-0.25, -0.2) is 8.78 Å². The van der Waals surface area contributed by atoms with E-state index in [1.165, 1.54) is 30.3 Å². The maximum absolute atomic E-state index is 13.2. The van der Waals surface area contributed by atoms with Crippen LogP contribution in [0.2, 0.25) is 5.02 Å². The largest absolute Gasteiger partial charge is 0.320 e. The van der Waals surface area contributed by atoms with E-state index in [1.807, 2.05) is 0 Å². The van der Waals surface area contributed by atoms with Crippen molar-refractivity contribution in [3.63, 3.8) is 0 Å². The van der Waals surface area contributed by atoms with Gasteiger partial charge in [0.2, 0.25) is 0 Å². The van der Waals surface area contributed by atoms with Crippen LogP contribution >= 0.6 is 11.6 Å². The Morgan fingerprint density at radius 1 is 1.05 bits per heavy atom. The van der Waals surface area contributed by atoms with E-state index in [-0.39, 0.29) is 16.7 Å². The molecule has 0 saturated carbocycles. The average molecular weight is 279 g/mol. The van der Waals surface area contributed by atoms with Crippen LogP contribution in [-0.2, 0) is 6.54 Å². The molecule has 0 saturated heterocycles. The van der Waals surface area contributed by atoms with E-state index in [0.717, 1.165) is 5.56 Å². The summed E-state index contributed by atoms with van der Waals surface area (Å²) < 4.78 is 26.2. The molecule has 2 aromatic carbocycles. The molecule has 1 aliphatic rings. The summed E-state index contributed by atoms with van der Waals surface area (Å²) >= 11 is 6.00. The molecule has 0 radical (unpaired) electrons. The summed E-state index contributed by atoms with van der Waals surface area (Å²) in [6.07, 6.45) is 0. The third kappa shape index (κ3) is 1.98. The van der Waals surface area contributed by atoms with Crippen molar-refractivity contribution in [3.8, 4) is 0 Å². The summed E-state index contributed by atoms with van der Waals surface area (Å²) in [6.45, 7) is 0.430. The van der Waals surface area contributed by atoms with Crippen LogP contribution < -0.4 is 4.90 Å². The third-order valence-corrected chi connectivity index (χ3v) is 3.43. The Morgan fingerprint density at radius 2 is 1.74 bits per heavy atom. The van der Waals surface area contributed by atoms with E-state index in [9.17, 15) is 8.78 Å². The molecule has 1 aliphatic heterocycles. The van der Waals surface area contributed by atoms with Crippen molar-refractivity contribution >= 4 is 23.1 Å². The van der Waals surface area contributed by atoms with Crippen molar-refractivity contribution in [2.75, 3.05) is 4.90 Å². The van der Waals surface area contributed by atoms with Gasteiger partial charge in [0.1, 0.15) is 17.5 Å². The summed E-state index contributed by atoms with van der Waals surface area (Å²) in [7, 11) is 0. The number of anilines is 1. The number of benzene rings is 2. The lowest BCUT2D eigenvalue weighted by atomic mass is 10.1. The van der Waals surface area contributed by atoms with Gasteiger partial charge < -0.3 is 4.90 Å². The standard InChI is InChI=1S/C14H9ClF2N2/c15-12-6-10(17)3-4-13(12)19-7-8-1-2-9(16)5-11(8)14(19)18/h1-6,18H,7H2. The van der Waals surface area contributed by atoms with E-state index < -0.39 is 5.82 Å². The van der Waals surface area contributed by atoms with Crippen molar-refractivity contribution in [1.29, 1.82) is 5.41 Å². The molecule has 0 spiro atoms. The zero-order valence-electron chi connectivity index (χ0n) is 9.75. The van der Waals surface area contributed by atoms with Crippen molar-refractivity contribution in [3.05, 3.63) is 64.2 Å². The van der Waals surface area contributed by atoms with Crippen LogP contribution in [0.25, 0.3) is 0 Å². The highest BCUT2D eigenvalue weighted by Gasteiger charge is 2.27. The second-order valence-electron chi connectivity index (χ2n) is 4.33. The molecule has 2 aromatic rings. The van der Waals surface area contributed by atoms with Crippen molar-refractivity contribution in [2.24, 2.45) is 0 Å². The third-order valence-electron chi connectivity index (χ3n) is 3.13. The first kappa shape index (κ1) is 12.1. The van der Waals surface area contributed by atoms with Crippen LogP contribution in [0.4, 0.5) is 14.5 Å². The van der Waals surface area contributed by atoms with E-state index >= 15 is 0 Å². The molecule has 2 nitrogen and oxygen atoms in total. The molecule has 19 heavy (non-hydrogen) atoms. The molecule has 0 amide bonds. The molecule has 0 atom stereocenters. The highest BCUT2D eigenvalue weighted by molar-refractivity contribution is 6.34. The van der Waals surface area contributed by atoms with Crippen molar-refractivity contribution in [2.45, 2.75) is 6.54 Å². The van der Waals surface area contributed by atoms with Crippen molar-refractivity contribution < 1.29 is 8.78 Å². The topological polar surface area (TPSA) is 27.1 Å². The average Bonchev–Trinajstić information content (AvgIpc) is 2.67. The number of nitrogens with one attached hydrogen (secondary N) is 1. The number of halogens is 3. The molecular formula is C14H9ClF2N2. The van der Waals surface area contributed by atoms with Gasteiger partial charge in [-0.2, -0.15) is 0 Å². The van der Waals surface area contributed by atoms with Gasteiger partial charge >= 0.3 is 0 Å². The maximum Gasteiger partial charge on any atom is 0.133 e. The summed E-state index contributed by atoms with van der Waals surface area (Å²) in [5.41, 5.74) is 1.94. The fourth-order valence-corrected chi connectivity index (χ4v) is 2.48. The number of amidine groups is 1. The lowest BCUT2D eigenvalue weighted by molar-refractivity contribution is 0.627. The molecule has 5 heteroatoms. The smallest absolute Gasteiger partial charge is 0.133 e. The number of hydrogen-bond donors (Lipinski definition) is 1. The lowest BCUT2D eigenvalue weighted by Gasteiger charge is -2.19. The number of rotatable bonds is 1. The fraction of sp³-hybridized carbons (Fsp3) is 0.0714. The Balaban J connectivity index is 2.04. The van der Waals surface area contributed by atoms with Crippen LogP contribution in [0, 0.1) is 17.0 Å². The van der Waals surface area contributed by atoms with E-state index in [0.29, 0.717) is 17.8 Å². The van der Waals surface area contributed by atoms with E-state index in [2.05, 4.69) is 0 Å². The summed E-state index contributed by atoms with van der Waals surface area (Å²) in [6, 6.07) is 8.36. The summed E-state index contributed by atoms with van der Waals surface area (Å²) in [4.78, 5) is 1.63. The van der Waals surface area contributed by atoms with Crippen LogP contribution in [0.1, 0.15) is 11.1 Å². The normalized spacial score (nSPS) is 13.8. The molecule has 0 unspecified atom stereocenters.